The lowest BCUT2D eigenvalue weighted by molar-refractivity contribution is -0.140. The summed E-state index contributed by atoms with van der Waals surface area (Å²) in [6.45, 7) is 7.59. The van der Waals surface area contributed by atoms with Crippen molar-refractivity contribution in [2.24, 2.45) is 11.8 Å². The molecule has 0 radical (unpaired) electrons. The van der Waals surface area contributed by atoms with Gasteiger partial charge in [0.15, 0.2) is 5.13 Å². The summed E-state index contributed by atoms with van der Waals surface area (Å²) >= 11 is 1.59. The van der Waals surface area contributed by atoms with Gasteiger partial charge in [-0.05, 0) is 11.8 Å². The molecule has 0 aromatic carbocycles. The molecule has 0 fully saturated rings. The number of carbonyl (C=O) groups excluding carboxylic acids is 1. The average Bonchev–Trinajstić information content (AvgIpc) is 2.80. The number of aryl methyl sites for hydroxylation is 1. The maximum absolute atomic E-state index is 11.0. The van der Waals surface area contributed by atoms with Gasteiger partial charge in [-0.2, -0.15) is 0 Å². The van der Waals surface area contributed by atoms with E-state index in [1.807, 2.05) is 5.38 Å². The molecule has 0 saturated heterocycles. The third kappa shape index (κ3) is 5.04. The number of nitrogens with zero attached hydrogens (tertiary/aromatic N) is 1. The molecule has 1 rings (SSSR count). The second-order valence-corrected chi connectivity index (χ2v) is 5.68. The number of esters is 1. The maximum Gasteiger partial charge on any atom is 0.305 e. The lowest BCUT2D eigenvalue weighted by Crippen LogP contribution is -2.16. The van der Waals surface area contributed by atoms with Crippen molar-refractivity contribution in [2.75, 3.05) is 19.0 Å². The topological polar surface area (TPSA) is 51.2 Å². The molecule has 1 aromatic heterocycles. The summed E-state index contributed by atoms with van der Waals surface area (Å²) in [5.74, 6) is 1.09. The number of rotatable bonds is 7. The fraction of sp³-hybridized carbons (Fsp3) is 0.692. The Balaban J connectivity index is 2.36. The van der Waals surface area contributed by atoms with Gasteiger partial charge in [0, 0.05) is 18.3 Å². The smallest absolute Gasteiger partial charge is 0.305 e. The van der Waals surface area contributed by atoms with Gasteiger partial charge in [-0.25, -0.2) is 4.98 Å². The highest BCUT2D eigenvalue weighted by Gasteiger charge is 2.09. The lowest BCUT2D eigenvalue weighted by atomic mass is 9.98. The second-order valence-electron chi connectivity index (χ2n) is 4.82. The first-order valence-electron chi connectivity index (χ1n) is 6.28. The number of thiazole rings is 1. The van der Waals surface area contributed by atoms with E-state index in [2.05, 4.69) is 35.8 Å². The van der Waals surface area contributed by atoms with Crippen LogP contribution in [-0.4, -0.2) is 24.6 Å². The summed E-state index contributed by atoms with van der Waals surface area (Å²) in [7, 11) is 1.41. The first kappa shape index (κ1) is 15.0. The van der Waals surface area contributed by atoms with Crippen LogP contribution in [0.5, 0.6) is 0 Å². The Morgan fingerprint density at radius 1 is 1.50 bits per heavy atom. The molecule has 1 heterocycles. The molecule has 102 valence electrons. The summed E-state index contributed by atoms with van der Waals surface area (Å²) in [5, 5.41) is 6.26. The van der Waals surface area contributed by atoms with Gasteiger partial charge < -0.3 is 10.1 Å². The number of carbonyl (C=O) groups is 1. The monoisotopic (exact) mass is 270 g/mol. The van der Waals surface area contributed by atoms with Crippen LogP contribution >= 0.6 is 11.3 Å². The third-order valence-corrected chi connectivity index (χ3v) is 3.93. The van der Waals surface area contributed by atoms with E-state index in [9.17, 15) is 4.79 Å². The quantitative estimate of drug-likeness (QED) is 0.774. The van der Waals surface area contributed by atoms with Crippen molar-refractivity contribution in [1.82, 2.24) is 4.98 Å². The van der Waals surface area contributed by atoms with E-state index < -0.39 is 0 Å². The van der Waals surface area contributed by atoms with Crippen molar-refractivity contribution in [1.29, 1.82) is 0 Å². The molecule has 1 N–H and O–H groups in total. The number of nitrogens with one attached hydrogen (secondary N) is 1. The zero-order valence-electron chi connectivity index (χ0n) is 11.5. The number of methoxy groups -OCH3 is 1. The number of hydrogen-bond acceptors (Lipinski definition) is 5. The highest BCUT2D eigenvalue weighted by Crippen LogP contribution is 2.18. The molecule has 0 saturated carbocycles. The van der Waals surface area contributed by atoms with E-state index in [1.165, 1.54) is 7.11 Å². The second kappa shape index (κ2) is 7.36. The first-order valence-corrected chi connectivity index (χ1v) is 7.16. The zero-order chi connectivity index (χ0) is 13.5. The van der Waals surface area contributed by atoms with E-state index in [0.29, 0.717) is 24.7 Å². The van der Waals surface area contributed by atoms with Crippen LogP contribution in [0.15, 0.2) is 5.38 Å². The van der Waals surface area contributed by atoms with Gasteiger partial charge >= 0.3 is 5.97 Å². The van der Waals surface area contributed by atoms with E-state index in [-0.39, 0.29) is 5.97 Å². The van der Waals surface area contributed by atoms with Crippen molar-refractivity contribution in [3.8, 4) is 0 Å². The summed E-state index contributed by atoms with van der Waals surface area (Å²) < 4.78 is 4.61. The Kier molecular flexibility index (Phi) is 6.12. The summed E-state index contributed by atoms with van der Waals surface area (Å²) in [6.07, 6.45) is 1.03. The van der Waals surface area contributed by atoms with E-state index in [1.54, 1.807) is 11.3 Å². The van der Waals surface area contributed by atoms with Crippen LogP contribution in [0.4, 0.5) is 5.13 Å². The van der Waals surface area contributed by atoms with Gasteiger partial charge in [-0.15, -0.1) is 11.3 Å². The van der Waals surface area contributed by atoms with Gasteiger partial charge in [-0.1, -0.05) is 20.8 Å². The van der Waals surface area contributed by atoms with Gasteiger partial charge in [0.1, 0.15) is 0 Å². The molecule has 0 bridgehead atoms. The molecular weight excluding hydrogens is 248 g/mol. The molecule has 0 spiro atoms. The molecule has 18 heavy (non-hydrogen) atoms. The minimum atomic E-state index is -0.189. The molecule has 0 aliphatic rings. The van der Waals surface area contributed by atoms with E-state index >= 15 is 0 Å². The summed E-state index contributed by atoms with van der Waals surface area (Å²) in [6, 6.07) is 0. The minimum absolute atomic E-state index is 0.189. The Morgan fingerprint density at radius 2 is 2.22 bits per heavy atom. The highest BCUT2D eigenvalue weighted by atomic mass is 32.1. The molecule has 1 unspecified atom stereocenters. The number of aromatic nitrogens is 1. The predicted octanol–water partition coefficient (Wildman–Crippen LogP) is 2.95. The standard InChI is InChI=1S/C13H22N2O2S/c1-9(2)10(3)7-14-13-15-11(8-18-13)5-6-12(16)17-4/h8-10H,5-7H2,1-4H3,(H,14,15). The third-order valence-electron chi connectivity index (χ3n) is 3.08. The normalized spacial score (nSPS) is 12.5. The summed E-state index contributed by atoms with van der Waals surface area (Å²) in [4.78, 5) is 15.5. The van der Waals surface area contributed by atoms with Crippen molar-refractivity contribution in [3.63, 3.8) is 0 Å². The van der Waals surface area contributed by atoms with E-state index in [4.69, 9.17) is 0 Å². The van der Waals surface area contributed by atoms with Gasteiger partial charge in [-0.3, -0.25) is 4.79 Å². The largest absolute Gasteiger partial charge is 0.469 e. The molecule has 4 nitrogen and oxygen atoms in total. The highest BCUT2D eigenvalue weighted by molar-refractivity contribution is 7.13. The maximum atomic E-state index is 11.0. The van der Waals surface area contributed by atoms with Crippen molar-refractivity contribution in [3.05, 3.63) is 11.1 Å². The Morgan fingerprint density at radius 3 is 2.83 bits per heavy atom. The Bertz CT molecular complexity index is 377. The fourth-order valence-electron chi connectivity index (χ4n) is 1.32. The van der Waals surface area contributed by atoms with Crippen LogP contribution in [0.2, 0.25) is 0 Å². The minimum Gasteiger partial charge on any atom is -0.469 e. The van der Waals surface area contributed by atoms with Crippen molar-refractivity contribution >= 4 is 22.4 Å². The molecule has 0 aliphatic heterocycles. The van der Waals surface area contributed by atoms with E-state index in [0.717, 1.165) is 17.4 Å². The predicted molar refractivity (Wildman–Crippen MR) is 74.9 cm³/mol. The molecule has 0 amide bonds. The molecule has 1 aromatic rings. The fourth-order valence-corrected chi connectivity index (χ4v) is 2.07. The average molecular weight is 270 g/mol. The van der Waals surface area contributed by atoms with Crippen LogP contribution < -0.4 is 5.32 Å². The number of hydrogen-bond donors (Lipinski definition) is 1. The van der Waals surface area contributed by atoms with Crippen LogP contribution in [-0.2, 0) is 16.0 Å². The van der Waals surface area contributed by atoms with Crippen LogP contribution in [0, 0.1) is 11.8 Å². The van der Waals surface area contributed by atoms with Gasteiger partial charge in [0.2, 0.25) is 0 Å². The Labute approximate surface area is 113 Å². The van der Waals surface area contributed by atoms with Crippen LogP contribution in [0.1, 0.15) is 32.9 Å². The molecule has 1 atom stereocenters. The number of ether oxygens (including phenoxy) is 1. The first-order chi connectivity index (χ1) is 8.52. The molecule has 0 aliphatic carbocycles. The summed E-state index contributed by atoms with van der Waals surface area (Å²) in [5.41, 5.74) is 0.949. The van der Waals surface area contributed by atoms with Crippen LogP contribution in [0.3, 0.4) is 0 Å². The number of anilines is 1. The Hall–Kier alpha value is -1.10. The van der Waals surface area contributed by atoms with Gasteiger partial charge in [0.25, 0.3) is 0 Å². The van der Waals surface area contributed by atoms with Crippen LogP contribution in [0.25, 0.3) is 0 Å². The molecule has 5 heteroatoms. The zero-order valence-corrected chi connectivity index (χ0v) is 12.3. The lowest BCUT2D eigenvalue weighted by Gasteiger charge is -2.15. The van der Waals surface area contributed by atoms with Crippen molar-refractivity contribution in [2.45, 2.75) is 33.6 Å². The van der Waals surface area contributed by atoms with Crippen molar-refractivity contribution < 1.29 is 9.53 Å². The molecular formula is C13H22N2O2S. The van der Waals surface area contributed by atoms with Gasteiger partial charge in [0.05, 0.1) is 19.2 Å². The SMILES string of the molecule is COC(=O)CCc1csc(NCC(C)C(C)C)n1.